The van der Waals surface area contributed by atoms with E-state index >= 15 is 0 Å². The maximum Gasteiger partial charge on any atom is 0.410 e. The van der Waals surface area contributed by atoms with Crippen molar-refractivity contribution in [3.8, 4) is 0 Å². The fourth-order valence-electron chi connectivity index (χ4n) is 1.59. The largest absolute Gasteiger partial charge is 0.469 e. The number of nitrogens with zero attached hydrogens (tertiary/aromatic N) is 1. The maximum absolute atomic E-state index is 11.9. The number of methoxy groups -OCH3 is 1. The Morgan fingerprint density at radius 2 is 1.90 bits per heavy atom. The molecule has 0 spiro atoms. The summed E-state index contributed by atoms with van der Waals surface area (Å²) in [6.45, 7) is 1.07. The Labute approximate surface area is 118 Å². The second-order valence-electron chi connectivity index (χ2n) is 4.14. The van der Waals surface area contributed by atoms with Crippen LogP contribution in [0.1, 0.15) is 12.0 Å². The van der Waals surface area contributed by atoms with E-state index in [4.69, 9.17) is 10.5 Å². The predicted octanol–water partition coefficient (Wildman–Crippen LogP) is 1.15. The Hall–Kier alpha value is -2.08. The van der Waals surface area contributed by atoms with Crippen LogP contribution in [0.2, 0.25) is 0 Å². The van der Waals surface area contributed by atoms with Crippen LogP contribution in [0.5, 0.6) is 0 Å². The number of ether oxygens (including phenoxy) is 2. The molecule has 110 valence electrons. The van der Waals surface area contributed by atoms with Gasteiger partial charge in [-0.2, -0.15) is 0 Å². The number of rotatable bonds is 7. The first-order valence-corrected chi connectivity index (χ1v) is 6.40. The zero-order chi connectivity index (χ0) is 14.8. The Bertz CT molecular complexity index is 422. The van der Waals surface area contributed by atoms with Crippen molar-refractivity contribution in [1.82, 2.24) is 4.90 Å². The van der Waals surface area contributed by atoms with Crippen LogP contribution >= 0.6 is 0 Å². The first-order valence-electron chi connectivity index (χ1n) is 6.40. The van der Waals surface area contributed by atoms with E-state index in [0.717, 1.165) is 5.56 Å². The average molecular weight is 280 g/mol. The molecule has 1 aromatic carbocycles. The van der Waals surface area contributed by atoms with Crippen LogP contribution < -0.4 is 5.73 Å². The first kappa shape index (κ1) is 16.0. The predicted molar refractivity (Wildman–Crippen MR) is 73.9 cm³/mol. The van der Waals surface area contributed by atoms with Crippen LogP contribution in [0.15, 0.2) is 30.3 Å². The number of amides is 1. The molecule has 0 bridgehead atoms. The molecule has 0 heterocycles. The van der Waals surface area contributed by atoms with E-state index in [2.05, 4.69) is 4.74 Å². The van der Waals surface area contributed by atoms with Crippen LogP contribution in [-0.2, 0) is 20.9 Å². The Morgan fingerprint density at radius 3 is 2.50 bits per heavy atom. The smallest absolute Gasteiger partial charge is 0.410 e. The van der Waals surface area contributed by atoms with Gasteiger partial charge in [0.2, 0.25) is 0 Å². The van der Waals surface area contributed by atoms with Crippen LogP contribution in [0, 0.1) is 0 Å². The number of hydrogen-bond acceptors (Lipinski definition) is 5. The first-order chi connectivity index (χ1) is 9.67. The molecule has 2 N–H and O–H groups in total. The van der Waals surface area contributed by atoms with Crippen LogP contribution in [-0.4, -0.2) is 43.7 Å². The highest BCUT2D eigenvalue weighted by Crippen LogP contribution is 2.04. The summed E-state index contributed by atoms with van der Waals surface area (Å²) in [5, 5.41) is 0. The van der Waals surface area contributed by atoms with Crippen molar-refractivity contribution in [3.63, 3.8) is 0 Å². The van der Waals surface area contributed by atoms with Gasteiger partial charge in [-0.25, -0.2) is 4.79 Å². The second-order valence-corrected chi connectivity index (χ2v) is 4.14. The van der Waals surface area contributed by atoms with Gasteiger partial charge < -0.3 is 20.1 Å². The summed E-state index contributed by atoms with van der Waals surface area (Å²) in [6, 6.07) is 9.38. The van der Waals surface area contributed by atoms with E-state index in [-0.39, 0.29) is 25.5 Å². The molecule has 6 nitrogen and oxygen atoms in total. The number of nitrogens with two attached hydrogens (primary N) is 1. The highest BCUT2D eigenvalue weighted by Gasteiger charge is 2.15. The van der Waals surface area contributed by atoms with E-state index in [9.17, 15) is 9.59 Å². The van der Waals surface area contributed by atoms with E-state index in [1.165, 1.54) is 12.0 Å². The Morgan fingerprint density at radius 1 is 1.20 bits per heavy atom. The third-order valence-corrected chi connectivity index (χ3v) is 2.68. The fraction of sp³-hybridized carbons (Fsp3) is 0.429. The number of esters is 1. The molecule has 0 aliphatic heterocycles. The third kappa shape index (κ3) is 5.71. The van der Waals surface area contributed by atoms with Gasteiger partial charge in [0.05, 0.1) is 13.5 Å². The number of carbonyl (C=O) groups is 2. The minimum Gasteiger partial charge on any atom is -0.469 e. The Balaban J connectivity index is 2.44. The normalized spacial score (nSPS) is 9.90. The average Bonchev–Trinajstić information content (AvgIpc) is 2.49. The van der Waals surface area contributed by atoms with Gasteiger partial charge in [0.15, 0.2) is 0 Å². The van der Waals surface area contributed by atoms with Gasteiger partial charge in [0.1, 0.15) is 6.61 Å². The SMILES string of the molecule is COC(=O)CCN(CCN)C(=O)OCc1ccccc1. The molecule has 6 heteroatoms. The lowest BCUT2D eigenvalue weighted by Gasteiger charge is -2.20. The Kier molecular flexibility index (Phi) is 7.13. The molecule has 0 radical (unpaired) electrons. The lowest BCUT2D eigenvalue weighted by atomic mass is 10.2. The van der Waals surface area contributed by atoms with Gasteiger partial charge in [-0.15, -0.1) is 0 Å². The molecule has 0 saturated carbocycles. The molecule has 20 heavy (non-hydrogen) atoms. The molecule has 0 unspecified atom stereocenters. The minimum absolute atomic E-state index is 0.122. The van der Waals surface area contributed by atoms with E-state index in [1.54, 1.807) is 0 Å². The molecule has 0 fully saturated rings. The quantitative estimate of drug-likeness (QED) is 0.758. The molecule has 1 rings (SSSR count). The van der Waals surface area contributed by atoms with Gasteiger partial charge in [-0.05, 0) is 5.56 Å². The van der Waals surface area contributed by atoms with E-state index in [1.807, 2.05) is 30.3 Å². The van der Waals surface area contributed by atoms with Crippen molar-refractivity contribution in [2.75, 3.05) is 26.7 Å². The molecule has 1 aromatic rings. The molecule has 1 amide bonds. The highest BCUT2D eigenvalue weighted by atomic mass is 16.6. The van der Waals surface area contributed by atoms with Crippen molar-refractivity contribution in [2.45, 2.75) is 13.0 Å². The molecule has 0 aliphatic rings. The summed E-state index contributed by atoms with van der Waals surface area (Å²) in [7, 11) is 1.31. The summed E-state index contributed by atoms with van der Waals surface area (Å²) in [4.78, 5) is 24.4. The van der Waals surface area contributed by atoms with Gasteiger partial charge >= 0.3 is 12.1 Å². The van der Waals surface area contributed by atoms with Crippen molar-refractivity contribution in [3.05, 3.63) is 35.9 Å². The standard InChI is InChI=1S/C14H20N2O4/c1-19-13(17)7-9-16(10-8-15)14(18)20-11-12-5-3-2-4-6-12/h2-6H,7-11,15H2,1H3. The summed E-state index contributed by atoms with van der Waals surface area (Å²) < 4.78 is 9.73. The van der Waals surface area contributed by atoms with Gasteiger partial charge in [-0.3, -0.25) is 4.79 Å². The second kappa shape index (κ2) is 8.92. The molecule has 0 saturated heterocycles. The molecule has 0 atom stereocenters. The summed E-state index contributed by atoms with van der Waals surface area (Å²) >= 11 is 0. The minimum atomic E-state index is -0.483. The molecular formula is C14H20N2O4. The van der Waals surface area contributed by atoms with Gasteiger partial charge in [0.25, 0.3) is 0 Å². The molecule has 0 aromatic heterocycles. The molecular weight excluding hydrogens is 260 g/mol. The summed E-state index contributed by atoms with van der Waals surface area (Å²) in [5.41, 5.74) is 6.35. The lowest BCUT2D eigenvalue weighted by molar-refractivity contribution is -0.140. The zero-order valence-corrected chi connectivity index (χ0v) is 11.6. The van der Waals surface area contributed by atoms with Crippen LogP contribution in [0.25, 0.3) is 0 Å². The van der Waals surface area contributed by atoms with Crippen molar-refractivity contribution < 1.29 is 19.1 Å². The van der Waals surface area contributed by atoms with E-state index < -0.39 is 6.09 Å². The van der Waals surface area contributed by atoms with Crippen molar-refractivity contribution >= 4 is 12.1 Å². The lowest BCUT2D eigenvalue weighted by Crippen LogP contribution is -2.37. The highest BCUT2D eigenvalue weighted by molar-refractivity contribution is 5.71. The van der Waals surface area contributed by atoms with Crippen molar-refractivity contribution in [2.24, 2.45) is 5.73 Å². The maximum atomic E-state index is 11.9. The van der Waals surface area contributed by atoms with Gasteiger partial charge in [0, 0.05) is 19.6 Å². The number of benzene rings is 1. The number of carbonyl (C=O) groups excluding carboxylic acids is 2. The topological polar surface area (TPSA) is 81.9 Å². The number of hydrogen-bond donors (Lipinski definition) is 1. The summed E-state index contributed by atoms with van der Waals surface area (Å²) in [5.74, 6) is -0.372. The fourth-order valence-corrected chi connectivity index (χ4v) is 1.59. The van der Waals surface area contributed by atoms with Crippen LogP contribution in [0.4, 0.5) is 4.79 Å². The van der Waals surface area contributed by atoms with Crippen molar-refractivity contribution in [1.29, 1.82) is 0 Å². The van der Waals surface area contributed by atoms with Gasteiger partial charge in [-0.1, -0.05) is 30.3 Å². The third-order valence-electron chi connectivity index (χ3n) is 2.68. The zero-order valence-electron chi connectivity index (χ0n) is 11.6. The van der Waals surface area contributed by atoms with Crippen LogP contribution in [0.3, 0.4) is 0 Å². The van der Waals surface area contributed by atoms with E-state index in [0.29, 0.717) is 13.1 Å². The monoisotopic (exact) mass is 280 g/mol. The summed E-state index contributed by atoms with van der Waals surface area (Å²) in [6.07, 6.45) is -0.361. The molecule has 0 aliphatic carbocycles.